The van der Waals surface area contributed by atoms with E-state index in [0.29, 0.717) is 12.8 Å². The zero-order valence-electron chi connectivity index (χ0n) is 18.3. The first-order chi connectivity index (χ1) is 15.2. The van der Waals surface area contributed by atoms with Crippen molar-refractivity contribution in [3.8, 4) is 0 Å². The summed E-state index contributed by atoms with van der Waals surface area (Å²) in [5.74, 6) is -1.95. The minimum atomic E-state index is -1.14. The Bertz CT molecular complexity index is 736. The topological polar surface area (TPSA) is 172 Å². The van der Waals surface area contributed by atoms with Gasteiger partial charge in [-0.15, -0.1) is 0 Å². The highest BCUT2D eigenvalue weighted by molar-refractivity contribution is 6.13. The molecule has 178 valence electrons. The Kier molecular flexibility index (Phi) is 11.2. The molecule has 0 saturated heterocycles. The number of amides is 6. The van der Waals surface area contributed by atoms with Crippen molar-refractivity contribution in [1.82, 2.24) is 26.2 Å². The number of nitrogens with zero attached hydrogens (tertiary/aromatic N) is 1. The van der Waals surface area contributed by atoms with Crippen molar-refractivity contribution in [3.05, 3.63) is 12.2 Å². The van der Waals surface area contributed by atoms with Gasteiger partial charge in [0.25, 0.3) is 11.8 Å². The van der Waals surface area contributed by atoms with Gasteiger partial charge in [0.2, 0.25) is 11.8 Å². The fraction of sp³-hybridized carbons (Fsp3) is 0.579. The van der Waals surface area contributed by atoms with Crippen LogP contribution in [0.15, 0.2) is 12.2 Å². The average molecular weight is 455 g/mol. The molecule has 2 unspecified atom stereocenters. The predicted octanol–water partition coefficient (Wildman–Crippen LogP) is -1.22. The van der Waals surface area contributed by atoms with E-state index in [2.05, 4.69) is 30.7 Å². The molecule has 13 heteroatoms. The monoisotopic (exact) mass is 455 g/mol. The van der Waals surface area contributed by atoms with Crippen LogP contribution < -0.4 is 21.3 Å². The average Bonchev–Trinajstić information content (AvgIpc) is 3.09. The second-order valence-electron chi connectivity index (χ2n) is 6.70. The van der Waals surface area contributed by atoms with E-state index in [1.54, 1.807) is 0 Å². The Balaban J connectivity index is 2.53. The number of rotatable bonds is 12. The summed E-state index contributed by atoms with van der Waals surface area (Å²) in [4.78, 5) is 71.6. The minimum absolute atomic E-state index is 0.0319. The largest absolute Gasteiger partial charge is 0.453 e. The quantitative estimate of drug-likeness (QED) is 0.209. The second kappa shape index (κ2) is 13.6. The summed E-state index contributed by atoms with van der Waals surface area (Å²) in [5, 5.41) is 10.0. The van der Waals surface area contributed by atoms with Crippen molar-refractivity contribution in [2.24, 2.45) is 0 Å². The summed E-state index contributed by atoms with van der Waals surface area (Å²) in [5.41, 5.74) is 0. The normalized spacial score (nSPS) is 14.4. The number of imide groups is 1. The van der Waals surface area contributed by atoms with Gasteiger partial charge in [0.05, 0.1) is 20.3 Å². The molecule has 0 aromatic heterocycles. The molecule has 0 spiro atoms. The van der Waals surface area contributed by atoms with Crippen molar-refractivity contribution in [3.63, 3.8) is 0 Å². The number of methoxy groups -OCH3 is 2. The molecule has 0 aromatic carbocycles. The van der Waals surface area contributed by atoms with Crippen LogP contribution in [0.3, 0.4) is 0 Å². The van der Waals surface area contributed by atoms with E-state index in [1.807, 2.05) is 6.92 Å². The number of ether oxygens (including phenoxy) is 2. The third-order valence-electron chi connectivity index (χ3n) is 4.44. The maximum atomic E-state index is 12.6. The summed E-state index contributed by atoms with van der Waals surface area (Å²) in [7, 11) is 2.32. The van der Waals surface area contributed by atoms with Crippen LogP contribution in [-0.4, -0.2) is 86.7 Å². The van der Waals surface area contributed by atoms with Crippen LogP contribution in [0.2, 0.25) is 0 Å². The molecule has 2 atom stereocenters. The summed E-state index contributed by atoms with van der Waals surface area (Å²) < 4.78 is 9.11. The van der Waals surface area contributed by atoms with Gasteiger partial charge in [0.1, 0.15) is 6.04 Å². The van der Waals surface area contributed by atoms with Crippen LogP contribution >= 0.6 is 0 Å². The van der Waals surface area contributed by atoms with Gasteiger partial charge in [-0.05, 0) is 6.42 Å². The lowest BCUT2D eigenvalue weighted by molar-refractivity contribution is -0.137. The second-order valence-corrected chi connectivity index (χ2v) is 6.70. The van der Waals surface area contributed by atoms with Crippen LogP contribution in [0.4, 0.5) is 9.59 Å². The van der Waals surface area contributed by atoms with Crippen LogP contribution in [0.1, 0.15) is 26.2 Å². The summed E-state index contributed by atoms with van der Waals surface area (Å²) in [6.45, 7) is 1.89. The molecular weight excluding hydrogens is 426 g/mol. The summed E-state index contributed by atoms with van der Waals surface area (Å²) >= 11 is 0. The Morgan fingerprint density at radius 3 is 2.06 bits per heavy atom. The van der Waals surface area contributed by atoms with Crippen LogP contribution in [-0.2, 0) is 28.7 Å². The van der Waals surface area contributed by atoms with Crippen molar-refractivity contribution in [2.45, 2.75) is 38.3 Å². The zero-order chi connectivity index (χ0) is 24.1. The van der Waals surface area contributed by atoms with Gasteiger partial charge < -0.3 is 30.7 Å². The van der Waals surface area contributed by atoms with Crippen molar-refractivity contribution >= 4 is 35.8 Å². The van der Waals surface area contributed by atoms with Gasteiger partial charge in [-0.3, -0.25) is 24.1 Å². The van der Waals surface area contributed by atoms with Crippen molar-refractivity contribution in [1.29, 1.82) is 0 Å². The maximum Gasteiger partial charge on any atom is 0.407 e. The SMILES string of the molecule is CCCC(NC(=O)OC)C(NC(=O)OC)C(=O)NCCNC(=O)CCN1C(=O)C=CC1=O. The standard InChI is InChI=1S/C19H29N5O8/c1-4-5-12(22-18(29)31-2)16(23-19(30)32-3)17(28)21-10-9-20-13(25)8-11-24-14(26)6-7-15(24)27/h6-7,12,16H,4-5,8-11H2,1-3H3,(H,20,25)(H,21,28)(H,22,29)(H,23,30). The Morgan fingerprint density at radius 2 is 1.50 bits per heavy atom. The van der Waals surface area contributed by atoms with E-state index in [9.17, 15) is 28.8 Å². The fourth-order valence-corrected chi connectivity index (χ4v) is 2.83. The van der Waals surface area contributed by atoms with E-state index in [4.69, 9.17) is 0 Å². The smallest absolute Gasteiger partial charge is 0.407 e. The molecule has 1 aliphatic heterocycles. The van der Waals surface area contributed by atoms with Gasteiger partial charge in [0, 0.05) is 38.2 Å². The van der Waals surface area contributed by atoms with Gasteiger partial charge >= 0.3 is 12.2 Å². The van der Waals surface area contributed by atoms with Crippen molar-refractivity contribution < 1.29 is 38.2 Å². The first-order valence-electron chi connectivity index (χ1n) is 10.00. The lowest BCUT2D eigenvalue weighted by atomic mass is 10.0. The molecule has 13 nitrogen and oxygen atoms in total. The Labute approximate surface area is 185 Å². The molecule has 1 heterocycles. The highest BCUT2D eigenvalue weighted by Crippen LogP contribution is 2.05. The molecule has 0 fully saturated rings. The molecule has 32 heavy (non-hydrogen) atoms. The highest BCUT2D eigenvalue weighted by atomic mass is 16.5. The van der Waals surface area contributed by atoms with Crippen LogP contribution in [0.25, 0.3) is 0 Å². The zero-order valence-corrected chi connectivity index (χ0v) is 18.3. The van der Waals surface area contributed by atoms with Gasteiger partial charge in [-0.25, -0.2) is 9.59 Å². The first-order valence-corrected chi connectivity index (χ1v) is 10.00. The predicted molar refractivity (Wildman–Crippen MR) is 110 cm³/mol. The van der Waals surface area contributed by atoms with E-state index in [-0.39, 0.29) is 26.1 Å². The fourth-order valence-electron chi connectivity index (χ4n) is 2.83. The van der Waals surface area contributed by atoms with E-state index in [0.717, 1.165) is 24.2 Å². The Morgan fingerprint density at radius 1 is 0.938 bits per heavy atom. The first kappa shape index (κ1) is 26.4. The molecule has 4 N–H and O–H groups in total. The van der Waals surface area contributed by atoms with E-state index >= 15 is 0 Å². The number of hydrogen-bond donors (Lipinski definition) is 4. The number of carbonyl (C=O) groups is 6. The summed E-state index contributed by atoms with van der Waals surface area (Å²) in [6.07, 6.45) is 1.55. The van der Waals surface area contributed by atoms with Gasteiger partial charge in [-0.2, -0.15) is 0 Å². The van der Waals surface area contributed by atoms with Crippen molar-refractivity contribution in [2.75, 3.05) is 33.9 Å². The molecule has 1 aliphatic rings. The minimum Gasteiger partial charge on any atom is -0.453 e. The number of alkyl carbamates (subject to hydrolysis) is 2. The molecule has 0 radical (unpaired) electrons. The molecule has 1 rings (SSSR count). The van der Waals surface area contributed by atoms with Gasteiger partial charge in [0.15, 0.2) is 0 Å². The lowest BCUT2D eigenvalue weighted by Crippen LogP contribution is -2.59. The third-order valence-corrected chi connectivity index (χ3v) is 4.44. The van der Waals surface area contributed by atoms with E-state index in [1.165, 1.54) is 7.11 Å². The molecule has 0 aromatic rings. The van der Waals surface area contributed by atoms with Crippen LogP contribution in [0, 0.1) is 0 Å². The molecule has 0 saturated carbocycles. The summed E-state index contributed by atoms with van der Waals surface area (Å²) in [6, 6.07) is -1.90. The highest BCUT2D eigenvalue weighted by Gasteiger charge is 2.31. The maximum absolute atomic E-state index is 12.6. The van der Waals surface area contributed by atoms with Crippen LogP contribution in [0.5, 0.6) is 0 Å². The van der Waals surface area contributed by atoms with E-state index < -0.39 is 47.9 Å². The number of nitrogens with one attached hydrogen (secondary N) is 4. The molecular formula is C19H29N5O8. The number of hydrogen-bond acceptors (Lipinski definition) is 8. The van der Waals surface area contributed by atoms with Gasteiger partial charge in [-0.1, -0.05) is 13.3 Å². The number of carbonyl (C=O) groups excluding carboxylic acids is 6. The lowest BCUT2D eigenvalue weighted by Gasteiger charge is -2.27. The Hall–Kier alpha value is -3.64. The molecule has 6 amide bonds. The molecule has 0 bridgehead atoms. The molecule has 0 aliphatic carbocycles. The third kappa shape index (κ3) is 8.62.